The summed E-state index contributed by atoms with van der Waals surface area (Å²) in [6.07, 6.45) is 2.77. The van der Waals surface area contributed by atoms with Gasteiger partial charge in [-0.3, -0.25) is 9.36 Å². The molecule has 1 amide bonds. The Kier molecular flexibility index (Phi) is 7.17. The van der Waals surface area contributed by atoms with Gasteiger partial charge in [0.25, 0.3) is 5.56 Å². The highest BCUT2D eigenvalue weighted by Gasteiger charge is 2.42. The number of carbonyl (C=O) groups excluding carboxylic acids is 1. The number of nitrogens with one attached hydrogen (secondary N) is 1. The Bertz CT molecular complexity index is 1130. The molecule has 1 aromatic carbocycles. The largest absolute Gasteiger partial charge is 0.444 e. The van der Waals surface area contributed by atoms with Gasteiger partial charge in [-0.05, 0) is 65.5 Å². The summed E-state index contributed by atoms with van der Waals surface area (Å²) in [6.45, 7) is 8.07. The molecule has 2 heterocycles. The van der Waals surface area contributed by atoms with Crippen molar-refractivity contribution in [1.29, 1.82) is 0 Å². The first-order valence-corrected chi connectivity index (χ1v) is 12.1. The number of halogens is 2. The molecule has 186 valence electrons. The number of fused-ring (bicyclic) bond motifs is 1. The van der Waals surface area contributed by atoms with E-state index in [1.165, 1.54) is 16.7 Å². The van der Waals surface area contributed by atoms with Crippen molar-refractivity contribution in [2.24, 2.45) is 5.92 Å². The fraction of sp³-hybridized carbons (Fsp3) is 0.625. The number of ether oxygens (including phenoxy) is 3. The van der Waals surface area contributed by atoms with Gasteiger partial charge >= 0.3 is 6.09 Å². The molecule has 4 atom stereocenters. The molecule has 1 aliphatic carbocycles. The monoisotopic (exact) mass is 495 g/mol. The topological polar surface area (TPSA) is 91.7 Å². The Hall–Kier alpha value is -2.23. The van der Waals surface area contributed by atoms with E-state index in [1.807, 2.05) is 0 Å². The average molecular weight is 496 g/mol. The number of aromatic nitrogens is 2. The van der Waals surface area contributed by atoms with Gasteiger partial charge in [-0.25, -0.2) is 14.2 Å². The van der Waals surface area contributed by atoms with E-state index in [2.05, 4.69) is 10.3 Å². The van der Waals surface area contributed by atoms with Gasteiger partial charge in [-0.1, -0.05) is 11.6 Å². The highest BCUT2D eigenvalue weighted by atomic mass is 35.5. The zero-order valence-corrected chi connectivity index (χ0v) is 20.7. The van der Waals surface area contributed by atoms with Crippen LogP contribution in [0, 0.1) is 11.7 Å². The lowest BCUT2D eigenvalue weighted by Crippen LogP contribution is -2.37. The van der Waals surface area contributed by atoms with Crippen molar-refractivity contribution in [2.45, 2.75) is 77.4 Å². The highest BCUT2D eigenvalue weighted by Crippen LogP contribution is 2.44. The Morgan fingerprint density at radius 1 is 1.38 bits per heavy atom. The zero-order valence-electron chi connectivity index (χ0n) is 19.9. The first kappa shape index (κ1) is 24.9. The van der Waals surface area contributed by atoms with E-state index in [9.17, 15) is 14.0 Å². The highest BCUT2D eigenvalue weighted by molar-refractivity contribution is 6.35. The van der Waals surface area contributed by atoms with Crippen LogP contribution in [0.1, 0.15) is 71.3 Å². The molecular formula is C24H31ClFN3O5. The number of rotatable bonds is 6. The van der Waals surface area contributed by atoms with E-state index in [0.717, 1.165) is 19.3 Å². The Balaban J connectivity index is 1.64. The van der Waals surface area contributed by atoms with Crippen LogP contribution in [-0.4, -0.2) is 40.7 Å². The van der Waals surface area contributed by atoms with Gasteiger partial charge in [0, 0.05) is 18.6 Å². The minimum absolute atomic E-state index is 0.0251. The summed E-state index contributed by atoms with van der Waals surface area (Å²) in [4.78, 5) is 30.4. The molecule has 1 N–H and O–H groups in total. The molecule has 2 aliphatic rings. The summed E-state index contributed by atoms with van der Waals surface area (Å²) in [5, 5.41) is 2.87. The number of hydrogen-bond acceptors (Lipinski definition) is 6. The second-order valence-corrected chi connectivity index (χ2v) is 10.4. The van der Waals surface area contributed by atoms with Crippen molar-refractivity contribution in [2.75, 3.05) is 13.2 Å². The van der Waals surface area contributed by atoms with Crippen molar-refractivity contribution in [3.63, 3.8) is 0 Å². The van der Waals surface area contributed by atoms with Crippen LogP contribution in [0.15, 0.2) is 16.9 Å². The van der Waals surface area contributed by atoms with Crippen LogP contribution in [0.2, 0.25) is 5.02 Å². The molecule has 0 bridgehead atoms. The summed E-state index contributed by atoms with van der Waals surface area (Å²) < 4.78 is 33.0. The lowest BCUT2D eigenvalue weighted by Gasteiger charge is -2.24. The fourth-order valence-corrected chi connectivity index (χ4v) is 4.46. The van der Waals surface area contributed by atoms with Crippen LogP contribution < -0.4 is 10.9 Å². The van der Waals surface area contributed by atoms with Crippen molar-refractivity contribution in [3.05, 3.63) is 39.2 Å². The predicted octanol–water partition coefficient (Wildman–Crippen LogP) is 4.88. The van der Waals surface area contributed by atoms with Gasteiger partial charge < -0.3 is 19.5 Å². The van der Waals surface area contributed by atoms with Crippen LogP contribution in [0.3, 0.4) is 0 Å². The molecular weight excluding hydrogens is 465 g/mol. The van der Waals surface area contributed by atoms with Crippen molar-refractivity contribution >= 4 is 28.6 Å². The Morgan fingerprint density at radius 2 is 2.15 bits per heavy atom. The van der Waals surface area contributed by atoms with Crippen molar-refractivity contribution in [1.82, 2.24) is 14.9 Å². The van der Waals surface area contributed by atoms with Gasteiger partial charge in [0.05, 0.1) is 23.1 Å². The van der Waals surface area contributed by atoms with Crippen molar-refractivity contribution in [3.8, 4) is 0 Å². The van der Waals surface area contributed by atoms with E-state index < -0.39 is 29.1 Å². The molecule has 1 saturated carbocycles. The van der Waals surface area contributed by atoms with Gasteiger partial charge in [0.2, 0.25) is 0 Å². The van der Waals surface area contributed by atoms with E-state index in [1.54, 1.807) is 27.7 Å². The molecule has 34 heavy (non-hydrogen) atoms. The third kappa shape index (κ3) is 5.53. The number of alkyl carbamates (subject to hydrolysis) is 1. The molecule has 3 unspecified atom stereocenters. The van der Waals surface area contributed by atoms with E-state index in [-0.39, 0.29) is 40.0 Å². The Morgan fingerprint density at radius 3 is 2.82 bits per heavy atom. The number of carbonyl (C=O) groups is 1. The summed E-state index contributed by atoms with van der Waals surface area (Å²) in [6, 6.07) is 1.61. The summed E-state index contributed by atoms with van der Waals surface area (Å²) in [7, 11) is 0. The lowest BCUT2D eigenvalue weighted by atomic mass is 10.2. The molecule has 8 nitrogen and oxygen atoms in total. The minimum Gasteiger partial charge on any atom is -0.444 e. The SMILES string of the molecule is C[C@H](NC(=O)OC(C)(C)C)c1nc2c(F)ccc(Cl)c2c(=O)n1C1CC1COC1CCCCO1. The van der Waals surface area contributed by atoms with E-state index in [4.69, 9.17) is 25.8 Å². The molecule has 1 saturated heterocycles. The number of hydrogen-bond donors (Lipinski definition) is 1. The third-order valence-corrected chi connectivity index (χ3v) is 6.27. The maximum Gasteiger partial charge on any atom is 0.408 e. The minimum atomic E-state index is -0.714. The number of nitrogens with zero attached hydrogens (tertiary/aromatic N) is 2. The molecule has 2 fully saturated rings. The molecule has 0 spiro atoms. The number of amides is 1. The molecule has 4 rings (SSSR count). The maximum atomic E-state index is 14.6. The summed E-state index contributed by atoms with van der Waals surface area (Å²) in [5.74, 6) is -0.340. The van der Waals surface area contributed by atoms with Gasteiger partial charge in [0.1, 0.15) is 22.8 Å². The smallest absolute Gasteiger partial charge is 0.408 e. The van der Waals surface area contributed by atoms with E-state index in [0.29, 0.717) is 19.6 Å². The second-order valence-electron chi connectivity index (χ2n) is 9.96. The zero-order chi connectivity index (χ0) is 24.6. The van der Waals surface area contributed by atoms with Gasteiger partial charge in [0.15, 0.2) is 6.29 Å². The fourth-order valence-electron chi connectivity index (χ4n) is 4.22. The molecule has 2 aromatic rings. The summed E-state index contributed by atoms with van der Waals surface area (Å²) >= 11 is 6.27. The number of benzene rings is 1. The molecule has 0 radical (unpaired) electrons. The van der Waals surface area contributed by atoms with Gasteiger partial charge in [-0.2, -0.15) is 0 Å². The van der Waals surface area contributed by atoms with Crippen molar-refractivity contribution < 1.29 is 23.4 Å². The van der Waals surface area contributed by atoms with E-state index >= 15 is 0 Å². The molecule has 10 heteroatoms. The first-order chi connectivity index (χ1) is 16.0. The van der Waals surface area contributed by atoms with Crippen LogP contribution in [-0.2, 0) is 14.2 Å². The molecule has 1 aromatic heterocycles. The second kappa shape index (κ2) is 9.79. The van der Waals surface area contributed by atoms with Crippen LogP contribution in [0.5, 0.6) is 0 Å². The van der Waals surface area contributed by atoms with Crippen LogP contribution in [0.4, 0.5) is 9.18 Å². The quantitative estimate of drug-likeness (QED) is 0.614. The first-order valence-electron chi connectivity index (χ1n) is 11.7. The average Bonchev–Trinajstić information content (AvgIpc) is 3.53. The third-order valence-electron chi connectivity index (χ3n) is 5.96. The predicted molar refractivity (Wildman–Crippen MR) is 125 cm³/mol. The molecule has 1 aliphatic heterocycles. The Labute approximate surface area is 202 Å². The standard InChI is InChI=1S/C24H31ClFN3O5/c1-13(27-23(31)34-24(2,3)4)21-28-20-16(26)9-8-15(25)19(20)22(30)29(21)17-11-14(17)12-33-18-7-5-6-10-32-18/h8-9,13-14,17-18H,5-7,10-12H2,1-4H3,(H,27,31)/t13-,14?,17?,18?/m0/s1. The van der Waals surface area contributed by atoms with Crippen LogP contribution >= 0.6 is 11.6 Å². The normalized spacial score (nSPS) is 23.5. The summed E-state index contributed by atoms with van der Waals surface area (Å²) in [5.41, 5.74) is -1.26. The lowest BCUT2D eigenvalue weighted by molar-refractivity contribution is -0.165. The van der Waals surface area contributed by atoms with Gasteiger partial charge in [-0.15, -0.1) is 0 Å². The van der Waals surface area contributed by atoms with Crippen LogP contribution in [0.25, 0.3) is 10.9 Å². The maximum absolute atomic E-state index is 14.6.